The van der Waals surface area contributed by atoms with Crippen molar-refractivity contribution < 1.29 is 55.7 Å². The number of imidazole rings is 1. The molecule has 1 saturated carbocycles. The molecule has 1 unspecified atom stereocenters. The Morgan fingerprint density at radius 2 is 1.59 bits per heavy atom. The van der Waals surface area contributed by atoms with Gasteiger partial charge in [0.25, 0.3) is 5.56 Å². The largest absolute Gasteiger partial charge is 0.497 e. The van der Waals surface area contributed by atoms with Crippen molar-refractivity contribution in [3.05, 3.63) is 137 Å². The number of H-pyrrole nitrogens is 1. The summed E-state index contributed by atoms with van der Waals surface area (Å²) in [7, 11) is -3.11. The van der Waals surface area contributed by atoms with E-state index < -0.39 is 77.1 Å². The van der Waals surface area contributed by atoms with E-state index in [1.54, 1.807) is 26.5 Å². The third-order valence-electron chi connectivity index (χ3n) is 13.6. The van der Waals surface area contributed by atoms with Crippen LogP contribution in [-0.4, -0.2) is 107 Å². The molecule has 2 N–H and O–H groups in total. The number of aromatic nitrogens is 6. The fraction of sp³-hybridized carbons (Fsp3) is 0.440. The van der Waals surface area contributed by atoms with Gasteiger partial charge in [-0.15, -0.1) is 0 Å². The third-order valence-corrected chi connectivity index (χ3v) is 21.0. The van der Waals surface area contributed by atoms with E-state index in [0.717, 1.165) is 16.7 Å². The first-order chi connectivity index (χ1) is 35.5. The molecule has 20 nitrogen and oxygen atoms in total. The Morgan fingerprint density at radius 1 is 0.919 bits per heavy atom. The molecule has 0 spiro atoms. The van der Waals surface area contributed by atoms with Gasteiger partial charge in [-0.3, -0.25) is 18.5 Å². The van der Waals surface area contributed by atoms with Crippen molar-refractivity contribution in [2.75, 3.05) is 34.0 Å². The molecule has 9 atom stereocenters. The lowest BCUT2D eigenvalue weighted by molar-refractivity contribution is -0.0513. The van der Waals surface area contributed by atoms with Crippen LogP contribution in [0.3, 0.4) is 0 Å². The summed E-state index contributed by atoms with van der Waals surface area (Å²) >= 11 is 6.28. The standard InChI is InChI=1S/C50H61N7O13P2SSi/c1-49(2,3)74(6,7)70-44-41(67-48(45(44)68-71(59)60)57-32-56-43-46(57)54-31-55-47(43)58)29-65-72(73,64-25-11-23-51)69-40-27-39(66-42-22-24-52-30-53-42)26-33(40)28-63-50(34-12-9-8-10-13-34,35-14-18-37(61-4)19-15-35)36-16-20-38(62-5)21-17-36/h8-10,12-22,24,30-33,39-41,44-45,48,71H,11,25-29H2,1-7H3,(H,59,60)(H,54,55,58)/t33-,39-,40+,41-,44-,45-,48-,72+/m1/s1. The minimum Gasteiger partial charge on any atom is -0.497 e. The molecular formula is C50H61N7O13P2SSi. The maximum absolute atomic E-state index is 12.8. The van der Waals surface area contributed by atoms with Crippen molar-refractivity contribution >= 4 is 46.3 Å². The summed E-state index contributed by atoms with van der Waals surface area (Å²) in [5, 5.41) is 9.33. The van der Waals surface area contributed by atoms with Gasteiger partial charge in [0.1, 0.15) is 47.8 Å². The van der Waals surface area contributed by atoms with E-state index in [4.69, 9.17) is 58.0 Å². The Hall–Kier alpha value is -5.24. The van der Waals surface area contributed by atoms with Crippen molar-refractivity contribution in [2.45, 2.75) is 101 Å². The van der Waals surface area contributed by atoms with Crippen LogP contribution in [0.25, 0.3) is 11.2 Å². The fourth-order valence-electron chi connectivity index (χ4n) is 8.91. The molecule has 394 valence electrons. The molecule has 24 heteroatoms. The van der Waals surface area contributed by atoms with Gasteiger partial charge >= 0.3 is 15.0 Å². The minimum absolute atomic E-state index is 0.0222. The van der Waals surface area contributed by atoms with Gasteiger partial charge < -0.3 is 51.6 Å². The van der Waals surface area contributed by atoms with Gasteiger partial charge in [0.15, 0.2) is 25.7 Å². The van der Waals surface area contributed by atoms with Gasteiger partial charge in [-0.25, -0.2) is 19.9 Å². The number of rotatable bonds is 23. The summed E-state index contributed by atoms with van der Waals surface area (Å²) in [6, 6.07) is 29.2. The summed E-state index contributed by atoms with van der Waals surface area (Å²) in [6.45, 7) is 6.04. The monoisotopic (exact) mass is 1090 g/mol. The number of aromatic amines is 1. The molecule has 3 aromatic heterocycles. The van der Waals surface area contributed by atoms with Gasteiger partial charge in [0.2, 0.25) is 5.88 Å². The zero-order valence-electron chi connectivity index (χ0n) is 42.1. The SMILES string of the molecule is COc1ccc(C(OC[C@H]2C[C@@H](Oc3ccncn3)C[C@@H]2O[P@](=S)(OCCC#N)OC[C@H]2O[C@@H](n3cnc4c(=O)[nH]cnc43)[C@H](O[PH](=O)O)[C@@H]2O[Si](C)(C)C(C)(C)C)(c2ccccc2)c2ccc(OC)cc2)cc1. The van der Waals surface area contributed by atoms with Crippen LogP contribution >= 0.6 is 15.0 Å². The average molecular weight is 1090 g/mol. The Kier molecular flexibility index (Phi) is 17.7. The topological polar surface area (TPSA) is 243 Å². The highest BCUT2D eigenvalue weighted by Gasteiger charge is 2.53. The Balaban J connectivity index is 1.15. The quantitative estimate of drug-likeness (QED) is 0.0265. The van der Waals surface area contributed by atoms with Gasteiger partial charge in [0, 0.05) is 24.6 Å². The van der Waals surface area contributed by atoms with Gasteiger partial charge in [-0.05, 0) is 77.3 Å². The first kappa shape index (κ1) is 55.0. The number of fused-ring (bicyclic) bond motifs is 1. The molecule has 0 bridgehead atoms. The predicted molar refractivity (Wildman–Crippen MR) is 279 cm³/mol. The first-order valence-electron chi connectivity index (χ1n) is 24.0. The van der Waals surface area contributed by atoms with E-state index in [1.165, 1.54) is 23.5 Å². The molecule has 3 aromatic carbocycles. The van der Waals surface area contributed by atoms with Crippen LogP contribution in [0.4, 0.5) is 0 Å². The number of ether oxygens (including phenoxy) is 5. The number of nitrogens with one attached hydrogen (secondary N) is 1. The van der Waals surface area contributed by atoms with Crippen LogP contribution in [0.5, 0.6) is 17.4 Å². The van der Waals surface area contributed by atoms with E-state index in [1.807, 2.05) is 92.0 Å². The fourth-order valence-corrected chi connectivity index (χ4v) is 12.9. The number of hydrogen-bond acceptors (Lipinski definition) is 18. The molecule has 1 aliphatic carbocycles. The zero-order chi connectivity index (χ0) is 52.7. The molecule has 1 saturated heterocycles. The number of methoxy groups -OCH3 is 2. The van der Waals surface area contributed by atoms with Gasteiger partial charge in [-0.2, -0.15) is 5.26 Å². The first-order valence-corrected chi connectivity index (χ1v) is 30.7. The second-order valence-electron chi connectivity index (χ2n) is 19.3. The Labute approximate surface area is 435 Å². The maximum atomic E-state index is 12.8. The highest BCUT2D eigenvalue weighted by Crippen LogP contribution is 2.56. The van der Waals surface area contributed by atoms with Crippen LogP contribution in [0, 0.1) is 17.2 Å². The predicted octanol–water partition coefficient (Wildman–Crippen LogP) is 8.40. The van der Waals surface area contributed by atoms with E-state index in [9.17, 15) is 19.5 Å². The Bertz CT molecular complexity index is 2940. The second kappa shape index (κ2) is 23.7. The number of hydrogen-bond donors (Lipinski definition) is 2. The molecule has 0 radical (unpaired) electrons. The normalized spacial score (nSPS) is 22.5. The van der Waals surface area contributed by atoms with Gasteiger partial charge in [-0.1, -0.05) is 75.4 Å². The third kappa shape index (κ3) is 12.4. The molecule has 2 aliphatic rings. The minimum atomic E-state index is -3.87. The average Bonchev–Trinajstić information content (AvgIpc) is 4.09. The number of nitriles is 1. The van der Waals surface area contributed by atoms with Crippen molar-refractivity contribution in [3.8, 4) is 23.4 Å². The van der Waals surface area contributed by atoms with Crippen LogP contribution in [0.1, 0.15) is 63.0 Å². The smallest absolute Gasteiger partial charge is 0.327 e. The van der Waals surface area contributed by atoms with Crippen LogP contribution in [-0.2, 0) is 54.0 Å². The van der Waals surface area contributed by atoms with Crippen molar-refractivity contribution in [2.24, 2.45) is 5.92 Å². The molecular weight excluding hydrogens is 1030 g/mol. The lowest BCUT2D eigenvalue weighted by Crippen LogP contribution is -2.50. The van der Waals surface area contributed by atoms with Gasteiger partial charge in [0.05, 0.1) is 65.3 Å². The molecule has 1 aliphatic heterocycles. The van der Waals surface area contributed by atoms with Crippen LogP contribution in [0.2, 0.25) is 18.1 Å². The van der Waals surface area contributed by atoms with Crippen molar-refractivity contribution in [1.82, 2.24) is 29.5 Å². The van der Waals surface area contributed by atoms with Crippen molar-refractivity contribution in [3.63, 3.8) is 0 Å². The number of benzene rings is 3. The molecule has 6 aromatic rings. The molecule has 74 heavy (non-hydrogen) atoms. The van der Waals surface area contributed by atoms with Crippen LogP contribution in [0.15, 0.2) is 115 Å². The molecule has 8 rings (SSSR count). The van der Waals surface area contributed by atoms with E-state index in [-0.39, 0.29) is 42.4 Å². The maximum Gasteiger partial charge on any atom is 0.327 e. The Morgan fingerprint density at radius 3 is 2.20 bits per heavy atom. The highest BCUT2D eigenvalue weighted by molar-refractivity contribution is 8.07. The summed E-state index contributed by atoms with van der Waals surface area (Å²) in [5.74, 6) is 1.32. The molecule has 0 amide bonds. The summed E-state index contributed by atoms with van der Waals surface area (Å²) in [4.78, 5) is 42.6. The van der Waals surface area contributed by atoms with Crippen molar-refractivity contribution in [1.29, 1.82) is 5.26 Å². The van der Waals surface area contributed by atoms with E-state index in [2.05, 4.69) is 51.8 Å². The van der Waals surface area contributed by atoms with Crippen LogP contribution < -0.4 is 19.8 Å². The van der Waals surface area contributed by atoms with E-state index >= 15 is 0 Å². The molecule has 4 heterocycles. The number of nitrogens with zero attached hydrogens (tertiary/aromatic N) is 6. The molecule has 2 fully saturated rings. The summed E-state index contributed by atoms with van der Waals surface area (Å²) in [6.07, 6.45) is 0.719. The van der Waals surface area contributed by atoms with E-state index in [0.29, 0.717) is 30.2 Å². The lowest BCUT2D eigenvalue weighted by Gasteiger charge is -2.40. The summed E-state index contributed by atoms with van der Waals surface area (Å²) < 4.78 is 78.5. The zero-order valence-corrected chi connectivity index (χ0v) is 45.8. The lowest BCUT2D eigenvalue weighted by atomic mass is 9.80. The highest BCUT2D eigenvalue weighted by atomic mass is 32.5. The second-order valence-corrected chi connectivity index (χ2v) is 27.8. The summed E-state index contributed by atoms with van der Waals surface area (Å²) in [5.41, 5.74) is 1.02.